The summed E-state index contributed by atoms with van der Waals surface area (Å²) >= 11 is 3.29. The minimum atomic E-state index is -0.322. The number of halogens is 1. The molecule has 0 aliphatic heterocycles. The van der Waals surface area contributed by atoms with Crippen molar-refractivity contribution >= 4 is 21.8 Å². The van der Waals surface area contributed by atoms with Crippen LogP contribution in [0.5, 0.6) is 11.5 Å². The van der Waals surface area contributed by atoms with Crippen LogP contribution in [0.2, 0.25) is 0 Å². The van der Waals surface area contributed by atoms with Crippen molar-refractivity contribution in [1.82, 2.24) is 4.90 Å². The summed E-state index contributed by atoms with van der Waals surface area (Å²) in [5.41, 5.74) is 0.872. The standard InChI is InChI=1S/C16H16BrNO3/c1-10(12-5-3-4-6-14(12)19)18(2)16(21)13-9-11(17)7-8-15(13)20/h3-10,19-20H,1-2H3. The fourth-order valence-electron chi connectivity index (χ4n) is 2.09. The molecular formula is C16H16BrNO3. The van der Waals surface area contributed by atoms with Crippen LogP contribution in [0, 0.1) is 0 Å². The number of benzene rings is 2. The predicted molar refractivity (Wildman–Crippen MR) is 84.4 cm³/mol. The van der Waals surface area contributed by atoms with Gasteiger partial charge in [-0.2, -0.15) is 0 Å². The molecule has 0 fully saturated rings. The van der Waals surface area contributed by atoms with E-state index in [2.05, 4.69) is 15.9 Å². The molecule has 0 saturated carbocycles. The smallest absolute Gasteiger partial charge is 0.257 e. The van der Waals surface area contributed by atoms with Crippen LogP contribution in [-0.4, -0.2) is 28.1 Å². The monoisotopic (exact) mass is 349 g/mol. The first-order valence-electron chi connectivity index (χ1n) is 6.45. The average Bonchev–Trinajstić information content (AvgIpc) is 2.48. The summed E-state index contributed by atoms with van der Waals surface area (Å²) in [6, 6.07) is 11.3. The third kappa shape index (κ3) is 3.19. The molecule has 2 aromatic carbocycles. The summed E-state index contributed by atoms with van der Waals surface area (Å²) in [5.74, 6) is -0.243. The van der Waals surface area contributed by atoms with Crippen LogP contribution >= 0.6 is 15.9 Å². The normalized spacial score (nSPS) is 12.0. The SMILES string of the molecule is CC(c1ccccc1O)N(C)C(=O)c1cc(Br)ccc1O. The van der Waals surface area contributed by atoms with Gasteiger partial charge in [-0.15, -0.1) is 0 Å². The molecule has 0 saturated heterocycles. The Balaban J connectivity index is 2.31. The molecule has 0 aromatic heterocycles. The number of phenolic OH excluding ortho intramolecular Hbond substituents is 2. The summed E-state index contributed by atoms with van der Waals surface area (Å²) in [5, 5.41) is 19.7. The number of aromatic hydroxyl groups is 2. The lowest BCUT2D eigenvalue weighted by Crippen LogP contribution is -2.29. The van der Waals surface area contributed by atoms with Crippen molar-refractivity contribution in [3.8, 4) is 11.5 Å². The Bertz CT molecular complexity index is 672. The molecule has 1 atom stereocenters. The van der Waals surface area contributed by atoms with Crippen LogP contribution in [0.3, 0.4) is 0 Å². The molecule has 0 bridgehead atoms. The Kier molecular flexibility index (Phi) is 4.53. The van der Waals surface area contributed by atoms with Crippen molar-refractivity contribution in [2.24, 2.45) is 0 Å². The van der Waals surface area contributed by atoms with Crippen molar-refractivity contribution in [2.75, 3.05) is 7.05 Å². The molecule has 0 spiro atoms. The number of carbonyl (C=O) groups is 1. The van der Waals surface area contributed by atoms with Gasteiger partial charge in [0.05, 0.1) is 11.6 Å². The van der Waals surface area contributed by atoms with Gasteiger partial charge in [-0.1, -0.05) is 34.1 Å². The number of amides is 1. The van der Waals surface area contributed by atoms with E-state index in [9.17, 15) is 15.0 Å². The first-order chi connectivity index (χ1) is 9.91. The second-order valence-electron chi connectivity index (χ2n) is 4.81. The van der Waals surface area contributed by atoms with E-state index in [1.807, 2.05) is 6.92 Å². The van der Waals surface area contributed by atoms with Gasteiger partial charge in [-0.25, -0.2) is 0 Å². The summed E-state index contributed by atoms with van der Waals surface area (Å²) in [6.45, 7) is 1.82. The van der Waals surface area contributed by atoms with Gasteiger partial charge < -0.3 is 15.1 Å². The highest BCUT2D eigenvalue weighted by atomic mass is 79.9. The highest BCUT2D eigenvalue weighted by Gasteiger charge is 2.23. The molecule has 2 rings (SSSR count). The number of hydrogen-bond acceptors (Lipinski definition) is 3. The molecule has 110 valence electrons. The maximum absolute atomic E-state index is 12.5. The van der Waals surface area contributed by atoms with E-state index in [4.69, 9.17) is 0 Å². The second-order valence-corrected chi connectivity index (χ2v) is 5.73. The summed E-state index contributed by atoms with van der Waals surface area (Å²) in [6.07, 6.45) is 0. The molecule has 2 N–H and O–H groups in total. The molecule has 1 unspecified atom stereocenters. The van der Waals surface area contributed by atoms with Gasteiger partial charge in [0, 0.05) is 17.1 Å². The number of rotatable bonds is 3. The van der Waals surface area contributed by atoms with E-state index in [-0.39, 0.29) is 29.0 Å². The number of nitrogens with zero attached hydrogens (tertiary/aromatic N) is 1. The summed E-state index contributed by atoms with van der Waals surface area (Å²) < 4.78 is 0.715. The van der Waals surface area contributed by atoms with Crippen LogP contribution in [0.1, 0.15) is 28.9 Å². The van der Waals surface area contributed by atoms with Gasteiger partial charge in [0.15, 0.2) is 0 Å². The molecule has 5 heteroatoms. The number of phenols is 2. The van der Waals surface area contributed by atoms with Crippen molar-refractivity contribution in [1.29, 1.82) is 0 Å². The van der Waals surface area contributed by atoms with Crippen LogP contribution < -0.4 is 0 Å². The minimum Gasteiger partial charge on any atom is -0.508 e. The van der Waals surface area contributed by atoms with E-state index < -0.39 is 0 Å². The number of carbonyl (C=O) groups excluding carboxylic acids is 1. The van der Waals surface area contributed by atoms with Crippen LogP contribution in [0.25, 0.3) is 0 Å². The van der Waals surface area contributed by atoms with E-state index >= 15 is 0 Å². The molecule has 4 nitrogen and oxygen atoms in total. The molecule has 1 amide bonds. The molecular weight excluding hydrogens is 334 g/mol. The fraction of sp³-hybridized carbons (Fsp3) is 0.188. The topological polar surface area (TPSA) is 60.8 Å². The average molecular weight is 350 g/mol. The van der Waals surface area contributed by atoms with E-state index in [1.165, 1.54) is 11.0 Å². The van der Waals surface area contributed by atoms with Gasteiger partial charge in [0.1, 0.15) is 11.5 Å². The zero-order valence-corrected chi connectivity index (χ0v) is 13.3. The maximum atomic E-state index is 12.5. The largest absolute Gasteiger partial charge is 0.508 e. The second kappa shape index (κ2) is 6.18. The lowest BCUT2D eigenvalue weighted by molar-refractivity contribution is 0.0738. The Hall–Kier alpha value is -2.01. The van der Waals surface area contributed by atoms with Crippen molar-refractivity contribution < 1.29 is 15.0 Å². The summed E-state index contributed by atoms with van der Waals surface area (Å²) in [7, 11) is 1.64. The van der Waals surface area contributed by atoms with E-state index in [0.717, 1.165) is 0 Å². The van der Waals surface area contributed by atoms with Crippen LogP contribution in [0.4, 0.5) is 0 Å². The third-order valence-electron chi connectivity index (χ3n) is 3.48. The lowest BCUT2D eigenvalue weighted by atomic mass is 10.0. The lowest BCUT2D eigenvalue weighted by Gasteiger charge is -2.26. The van der Waals surface area contributed by atoms with Gasteiger partial charge in [-0.05, 0) is 31.2 Å². The molecule has 0 aliphatic rings. The highest BCUT2D eigenvalue weighted by Crippen LogP contribution is 2.30. The molecule has 0 radical (unpaired) electrons. The van der Waals surface area contributed by atoms with Crippen LogP contribution in [-0.2, 0) is 0 Å². The van der Waals surface area contributed by atoms with Crippen molar-refractivity contribution in [3.05, 3.63) is 58.1 Å². The predicted octanol–water partition coefficient (Wildman–Crippen LogP) is 3.69. The fourth-order valence-corrected chi connectivity index (χ4v) is 2.46. The molecule has 21 heavy (non-hydrogen) atoms. The first kappa shape index (κ1) is 15.4. The molecule has 0 aliphatic carbocycles. The molecule has 2 aromatic rings. The Morgan fingerprint density at radius 3 is 2.48 bits per heavy atom. The zero-order chi connectivity index (χ0) is 15.6. The highest BCUT2D eigenvalue weighted by molar-refractivity contribution is 9.10. The number of para-hydroxylation sites is 1. The van der Waals surface area contributed by atoms with Crippen LogP contribution in [0.15, 0.2) is 46.9 Å². The maximum Gasteiger partial charge on any atom is 0.257 e. The zero-order valence-electron chi connectivity index (χ0n) is 11.7. The van der Waals surface area contributed by atoms with Crippen molar-refractivity contribution in [2.45, 2.75) is 13.0 Å². The van der Waals surface area contributed by atoms with Gasteiger partial charge in [-0.3, -0.25) is 4.79 Å². The van der Waals surface area contributed by atoms with E-state index in [0.29, 0.717) is 10.0 Å². The minimum absolute atomic E-state index is 0.0699. The quantitative estimate of drug-likeness (QED) is 0.888. The Labute approximate surface area is 131 Å². The van der Waals surface area contributed by atoms with Gasteiger partial charge in [0.25, 0.3) is 5.91 Å². The Morgan fingerprint density at radius 2 is 1.81 bits per heavy atom. The van der Waals surface area contributed by atoms with E-state index in [1.54, 1.807) is 43.4 Å². The van der Waals surface area contributed by atoms with Gasteiger partial charge in [0.2, 0.25) is 0 Å². The third-order valence-corrected chi connectivity index (χ3v) is 3.97. The Morgan fingerprint density at radius 1 is 1.14 bits per heavy atom. The summed E-state index contributed by atoms with van der Waals surface area (Å²) in [4.78, 5) is 14.0. The number of hydrogen-bond donors (Lipinski definition) is 2. The first-order valence-corrected chi connectivity index (χ1v) is 7.24. The van der Waals surface area contributed by atoms with Crippen molar-refractivity contribution in [3.63, 3.8) is 0 Å². The van der Waals surface area contributed by atoms with Gasteiger partial charge >= 0.3 is 0 Å². The molecule has 0 heterocycles.